The first-order valence-electron chi connectivity index (χ1n) is 5.93. The minimum atomic E-state index is -0.310. The maximum atomic E-state index is 12.1. The van der Waals surface area contributed by atoms with Gasteiger partial charge >= 0.3 is 0 Å². The lowest BCUT2D eigenvalue weighted by molar-refractivity contribution is -0.132. The molecule has 1 aromatic rings. The largest absolute Gasteiger partial charge is 0.370 e. The molecule has 2 nitrogen and oxygen atoms in total. The van der Waals surface area contributed by atoms with Crippen molar-refractivity contribution >= 4 is 17.4 Å². The molecule has 1 rings (SSSR count). The second-order valence-electron chi connectivity index (χ2n) is 4.39. The summed E-state index contributed by atoms with van der Waals surface area (Å²) >= 11 is 5.80. The fourth-order valence-electron chi connectivity index (χ4n) is 1.74. The van der Waals surface area contributed by atoms with Crippen LogP contribution < -0.4 is 0 Å². The normalized spacial score (nSPS) is 12.8. The van der Waals surface area contributed by atoms with E-state index in [1.165, 1.54) is 0 Å². The Morgan fingerprint density at radius 3 is 2.35 bits per heavy atom. The number of ether oxygens (including phenoxy) is 1. The lowest BCUT2D eigenvalue weighted by Gasteiger charge is -2.19. The Balaban J connectivity index is 2.66. The van der Waals surface area contributed by atoms with Crippen LogP contribution in [0.25, 0.3) is 0 Å². The van der Waals surface area contributed by atoms with E-state index in [0.717, 1.165) is 5.56 Å². The number of rotatable bonds is 6. The summed E-state index contributed by atoms with van der Waals surface area (Å²) in [7, 11) is 0. The van der Waals surface area contributed by atoms with E-state index in [-0.39, 0.29) is 17.8 Å². The van der Waals surface area contributed by atoms with Gasteiger partial charge in [-0.05, 0) is 30.5 Å². The predicted molar refractivity (Wildman–Crippen MR) is 70.4 cm³/mol. The molecule has 0 aliphatic heterocycles. The Morgan fingerprint density at radius 1 is 1.29 bits per heavy atom. The third kappa shape index (κ3) is 4.49. The van der Waals surface area contributed by atoms with E-state index in [1.54, 1.807) is 12.1 Å². The van der Waals surface area contributed by atoms with Crippen LogP contribution in [-0.2, 0) is 16.0 Å². The van der Waals surface area contributed by atoms with E-state index in [4.69, 9.17) is 16.3 Å². The van der Waals surface area contributed by atoms with E-state index in [2.05, 4.69) is 0 Å². The highest BCUT2D eigenvalue weighted by atomic mass is 35.5. The predicted octanol–water partition coefficient (Wildman–Crippen LogP) is 3.51. The molecule has 0 radical (unpaired) electrons. The summed E-state index contributed by atoms with van der Waals surface area (Å²) in [4.78, 5) is 12.1. The molecule has 0 saturated heterocycles. The second-order valence-corrected chi connectivity index (χ2v) is 4.83. The van der Waals surface area contributed by atoms with Gasteiger partial charge in [-0.25, -0.2) is 0 Å². The number of hydrogen-bond donors (Lipinski definition) is 0. The summed E-state index contributed by atoms with van der Waals surface area (Å²) in [5, 5.41) is 0.686. The molecular formula is C14H19ClO2. The van der Waals surface area contributed by atoms with E-state index in [1.807, 2.05) is 32.9 Å². The first-order valence-corrected chi connectivity index (χ1v) is 6.31. The third-order valence-electron chi connectivity index (χ3n) is 2.56. The van der Waals surface area contributed by atoms with Crippen molar-refractivity contribution in [3.63, 3.8) is 0 Å². The van der Waals surface area contributed by atoms with Gasteiger partial charge in [0.25, 0.3) is 0 Å². The maximum absolute atomic E-state index is 12.1. The molecule has 1 atom stereocenters. The van der Waals surface area contributed by atoms with Gasteiger partial charge < -0.3 is 4.74 Å². The minimum absolute atomic E-state index is 0.129. The summed E-state index contributed by atoms with van der Waals surface area (Å²) in [5.74, 6) is 0.332. The summed E-state index contributed by atoms with van der Waals surface area (Å²) in [5.41, 5.74) is 0.977. The monoisotopic (exact) mass is 254 g/mol. The van der Waals surface area contributed by atoms with Gasteiger partial charge in [-0.3, -0.25) is 4.79 Å². The first kappa shape index (κ1) is 14.2. The van der Waals surface area contributed by atoms with E-state index in [0.29, 0.717) is 18.1 Å². The van der Waals surface area contributed by atoms with E-state index >= 15 is 0 Å². The number of Topliss-reactive ketones (excluding diaryl/α,β-unsaturated/α-hetero) is 1. The molecule has 0 aromatic heterocycles. The van der Waals surface area contributed by atoms with E-state index < -0.39 is 0 Å². The summed E-state index contributed by atoms with van der Waals surface area (Å²) < 4.78 is 5.49. The lowest BCUT2D eigenvalue weighted by Crippen LogP contribution is -2.31. The average Bonchev–Trinajstić information content (AvgIpc) is 2.28. The van der Waals surface area contributed by atoms with Gasteiger partial charge in [0.15, 0.2) is 5.78 Å². The molecule has 0 amide bonds. The molecule has 0 saturated carbocycles. The molecule has 0 spiro atoms. The van der Waals surface area contributed by atoms with Crippen LogP contribution in [0.1, 0.15) is 26.3 Å². The van der Waals surface area contributed by atoms with Crippen LogP contribution in [0, 0.1) is 5.92 Å². The van der Waals surface area contributed by atoms with Crippen molar-refractivity contribution in [1.82, 2.24) is 0 Å². The molecule has 0 aliphatic rings. The van der Waals surface area contributed by atoms with Crippen molar-refractivity contribution in [2.45, 2.75) is 33.3 Å². The zero-order valence-electron chi connectivity index (χ0n) is 10.6. The zero-order valence-corrected chi connectivity index (χ0v) is 11.3. The van der Waals surface area contributed by atoms with Gasteiger partial charge in [-0.1, -0.05) is 37.6 Å². The molecule has 0 fully saturated rings. The topological polar surface area (TPSA) is 26.3 Å². The molecular weight excluding hydrogens is 236 g/mol. The van der Waals surface area contributed by atoms with Crippen molar-refractivity contribution in [2.75, 3.05) is 6.61 Å². The number of ketones is 1. The van der Waals surface area contributed by atoms with Crippen LogP contribution in [0.2, 0.25) is 5.02 Å². The maximum Gasteiger partial charge on any atom is 0.166 e. The molecule has 0 aliphatic carbocycles. The quantitative estimate of drug-likeness (QED) is 0.777. The molecule has 3 heteroatoms. The SMILES string of the molecule is CCOC(C(=O)Cc1ccc(Cl)cc1)C(C)C. The Kier molecular flexibility index (Phi) is 5.66. The van der Waals surface area contributed by atoms with Crippen molar-refractivity contribution in [1.29, 1.82) is 0 Å². The number of carbonyl (C=O) groups excluding carboxylic acids is 1. The highest BCUT2D eigenvalue weighted by Crippen LogP contribution is 2.14. The number of halogens is 1. The number of carbonyl (C=O) groups is 1. The van der Waals surface area contributed by atoms with E-state index in [9.17, 15) is 4.79 Å². The van der Waals surface area contributed by atoms with Gasteiger partial charge in [0.05, 0.1) is 0 Å². The van der Waals surface area contributed by atoms with Gasteiger partial charge in [0.1, 0.15) is 6.10 Å². The molecule has 94 valence electrons. The Bertz CT molecular complexity index is 357. The fourth-order valence-corrected chi connectivity index (χ4v) is 1.87. The molecule has 0 heterocycles. The van der Waals surface area contributed by atoms with Crippen molar-refractivity contribution in [3.8, 4) is 0 Å². The highest BCUT2D eigenvalue weighted by Gasteiger charge is 2.22. The Hall–Kier alpha value is -0.860. The summed E-state index contributed by atoms with van der Waals surface area (Å²) in [6, 6.07) is 7.36. The Morgan fingerprint density at radius 2 is 1.88 bits per heavy atom. The summed E-state index contributed by atoms with van der Waals surface area (Å²) in [6.07, 6.45) is 0.0932. The third-order valence-corrected chi connectivity index (χ3v) is 2.81. The van der Waals surface area contributed by atoms with Gasteiger partial charge in [-0.15, -0.1) is 0 Å². The van der Waals surface area contributed by atoms with Crippen LogP contribution in [0.3, 0.4) is 0 Å². The number of hydrogen-bond acceptors (Lipinski definition) is 2. The lowest BCUT2D eigenvalue weighted by atomic mass is 9.98. The van der Waals surface area contributed by atoms with Crippen molar-refractivity contribution in [3.05, 3.63) is 34.9 Å². The van der Waals surface area contributed by atoms with Crippen LogP contribution in [0.15, 0.2) is 24.3 Å². The Labute approximate surface area is 108 Å². The molecule has 0 N–H and O–H groups in total. The molecule has 1 unspecified atom stereocenters. The van der Waals surface area contributed by atoms with Crippen molar-refractivity contribution in [2.24, 2.45) is 5.92 Å². The first-order chi connectivity index (χ1) is 8.04. The van der Waals surface area contributed by atoms with Gasteiger partial charge in [0.2, 0.25) is 0 Å². The van der Waals surface area contributed by atoms with Crippen LogP contribution >= 0.6 is 11.6 Å². The van der Waals surface area contributed by atoms with Gasteiger partial charge in [0, 0.05) is 18.1 Å². The smallest absolute Gasteiger partial charge is 0.166 e. The van der Waals surface area contributed by atoms with Crippen LogP contribution in [0.5, 0.6) is 0 Å². The standard InChI is InChI=1S/C14H19ClO2/c1-4-17-14(10(2)3)13(16)9-11-5-7-12(15)8-6-11/h5-8,10,14H,4,9H2,1-3H3. The zero-order chi connectivity index (χ0) is 12.8. The van der Waals surface area contributed by atoms with Crippen LogP contribution in [0.4, 0.5) is 0 Å². The van der Waals surface area contributed by atoms with Crippen molar-refractivity contribution < 1.29 is 9.53 Å². The molecule has 17 heavy (non-hydrogen) atoms. The van der Waals surface area contributed by atoms with Crippen LogP contribution in [-0.4, -0.2) is 18.5 Å². The minimum Gasteiger partial charge on any atom is -0.370 e. The summed E-state index contributed by atoms with van der Waals surface area (Å²) in [6.45, 7) is 6.47. The molecule has 0 bridgehead atoms. The fraction of sp³-hybridized carbons (Fsp3) is 0.500. The number of benzene rings is 1. The second kappa shape index (κ2) is 6.77. The van der Waals surface area contributed by atoms with Gasteiger partial charge in [-0.2, -0.15) is 0 Å². The average molecular weight is 255 g/mol. The molecule has 1 aromatic carbocycles. The highest BCUT2D eigenvalue weighted by molar-refractivity contribution is 6.30.